The molecule has 0 atom stereocenters. The summed E-state index contributed by atoms with van der Waals surface area (Å²) >= 11 is 1.97. The van der Waals surface area contributed by atoms with Crippen LogP contribution in [0.15, 0.2) is 23.1 Å². The van der Waals surface area contributed by atoms with Crippen LogP contribution >= 0.6 is 11.8 Å². The Labute approximate surface area is 108 Å². The van der Waals surface area contributed by atoms with E-state index in [-0.39, 0.29) is 12.1 Å². The minimum Gasteiger partial charge on any atom is -0.394 e. The van der Waals surface area contributed by atoms with Gasteiger partial charge in [-0.15, -0.1) is 11.8 Å². The fraction of sp³-hybridized carbons (Fsp3) is 0.571. The normalized spacial score (nSPS) is 15.7. The van der Waals surface area contributed by atoms with Crippen LogP contribution in [-0.2, 0) is 13.0 Å². The zero-order chi connectivity index (χ0) is 12.3. The van der Waals surface area contributed by atoms with E-state index in [0.29, 0.717) is 0 Å². The summed E-state index contributed by atoms with van der Waals surface area (Å²) in [5.74, 6) is 1.25. The Morgan fingerprint density at radius 1 is 1.41 bits per heavy atom. The molecule has 0 radical (unpaired) electrons. The molecule has 0 fully saturated rings. The SMILES string of the molecule is CC(C)(CO)NCc1ccc2c(c1)CCCS2. The van der Waals surface area contributed by atoms with Crippen LogP contribution in [0.25, 0.3) is 0 Å². The standard InChI is InChI=1S/C14H21NOS/c1-14(2,10-16)15-9-11-5-6-13-12(8-11)4-3-7-17-13/h5-6,8,15-16H,3-4,7,9-10H2,1-2H3. The third-order valence-corrected chi connectivity index (χ3v) is 4.34. The first kappa shape index (κ1) is 12.9. The molecule has 0 saturated heterocycles. The maximum atomic E-state index is 9.20. The van der Waals surface area contributed by atoms with E-state index in [1.165, 1.54) is 34.6 Å². The van der Waals surface area contributed by atoms with Gasteiger partial charge in [0.15, 0.2) is 0 Å². The van der Waals surface area contributed by atoms with Gasteiger partial charge in [0.05, 0.1) is 6.61 Å². The second-order valence-electron chi connectivity index (χ2n) is 5.29. The van der Waals surface area contributed by atoms with E-state index in [1.807, 2.05) is 25.6 Å². The van der Waals surface area contributed by atoms with Crippen molar-refractivity contribution in [1.82, 2.24) is 5.32 Å². The lowest BCUT2D eigenvalue weighted by Gasteiger charge is -2.24. The predicted octanol–water partition coefficient (Wildman–Crippen LogP) is 2.59. The van der Waals surface area contributed by atoms with Gasteiger partial charge in [0.25, 0.3) is 0 Å². The number of hydrogen-bond donors (Lipinski definition) is 2. The third-order valence-electron chi connectivity index (χ3n) is 3.14. The van der Waals surface area contributed by atoms with Crippen LogP contribution in [0.1, 0.15) is 31.4 Å². The Balaban J connectivity index is 2.02. The second kappa shape index (κ2) is 5.42. The van der Waals surface area contributed by atoms with Crippen molar-refractivity contribution in [2.75, 3.05) is 12.4 Å². The summed E-state index contributed by atoms with van der Waals surface area (Å²) in [5.41, 5.74) is 2.60. The van der Waals surface area contributed by atoms with Crippen molar-refractivity contribution in [1.29, 1.82) is 0 Å². The molecule has 2 N–H and O–H groups in total. The summed E-state index contributed by atoms with van der Waals surface area (Å²) in [6, 6.07) is 6.74. The molecule has 0 bridgehead atoms. The summed E-state index contributed by atoms with van der Waals surface area (Å²) in [6.45, 7) is 5.02. The number of benzene rings is 1. The zero-order valence-corrected chi connectivity index (χ0v) is 11.4. The van der Waals surface area contributed by atoms with Gasteiger partial charge in [-0.2, -0.15) is 0 Å². The average Bonchev–Trinajstić information content (AvgIpc) is 2.36. The number of nitrogens with one attached hydrogen (secondary N) is 1. The Morgan fingerprint density at radius 3 is 3.00 bits per heavy atom. The first-order chi connectivity index (χ1) is 8.11. The number of thioether (sulfide) groups is 1. The first-order valence-electron chi connectivity index (χ1n) is 6.21. The molecule has 2 rings (SSSR count). The maximum Gasteiger partial charge on any atom is 0.0607 e. The summed E-state index contributed by atoms with van der Waals surface area (Å²) < 4.78 is 0. The first-order valence-corrected chi connectivity index (χ1v) is 7.20. The molecule has 2 nitrogen and oxygen atoms in total. The monoisotopic (exact) mass is 251 g/mol. The van der Waals surface area contributed by atoms with E-state index in [0.717, 1.165) is 6.54 Å². The highest BCUT2D eigenvalue weighted by molar-refractivity contribution is 7.99. The highest BCUT2D eigenvalue weighted by atomic mass is 32.2. The van der Waals surface area contributed by atoms with E-state index >= 15 is 0 Å². The lowest BCUT2D eigenvalue weighted by Crippen LogP contribution is -2.42. The molecule has 3 heteroatoms. The fourth-order valence-corrected chi connectivity index (χ4v) is 2.94. The van der Waals surface area contributed by atoms with Gasteiger partial charge in [-0.1, -0.05) is 12.1 Å². The van der Waals surface area contributed by atoms with Crippen molar-refractivity contribution in [3.63, 3.8) is 0 Å². The van der Waals surface area contributed by atoms with E-state index in [2.05, 4.69) is 23.5 Å². The van der Waals surface area contributed by atoms with Gasteiger partial charge in [-0.05, 0) is 49.6 Å². The van der Waals surface area contributed by atoms with Gasteiger partial charge in [-0.3, -0.25) is 0 Å². The molecule has 0 unspecified atom stereocenters. The lowest BCUT2D eigenvalue weighted by atomic mass is 10.0. The van der Waals surface area contributed by atoms with Crippen LogP contribution in [0, 0.1) is 0 Å². The van der Waals surface area contributed by atoms with Gasteiger partial charge < -0.3 is 10.4 Å². The Morgan fingerprint density at radius 2 is 2.24 bits per heavy atom. The second-order valence-corrected chi connectivity index (χ2v) is 6.43. The Bertz CT molecular complexity index is 390. The number of rotatable bonds is 4. The lowest BCUT2D eigenvalue weighted by molar-refractivity contribution is 0.187. The molecule has 0 aromatic heterocycles. The van der Waals surface area contributed by atoms with Crippen LogP contribution in [0.2, 0.25) is 0 Å². The van der Waals surface area contributed by atoms with E-state index < -0.39 is 0 Å². The highest BCUT2D eigenvalue weighted by Crippen LogP contribution is 2.30. The van der Waals surface area contributed by atoms with Gasteiger partial charge in [0, 0.05) is 17.0 Å². The minimum atomic E-state index is -0.204. The number of aryl methyl sites for hydroxylation is 1. The van der Waals surface area contributed by atoms with Crippen LogP contribution < -0.4 is 5.32 Å². The zero-order valence-electron chi connectivity index (χ0n) is 10.6. The number of hydrogen-bond acceptors (Lipinski definition) is 3. The molecule has 1 aromatic rings. The summed E-state index contributed by atoms with van der Waals surface area (Å²) in [6.07, 6.45) is 2.50. The largest absolute Gasteiger partial charge is 0.394 e. The van der Waals surface area contributed by atoms with Crippen molar-refractivity contribution in [2.45, 2.75) is 43.7 Å². The topological polar surface area (TPSA) is 32.3 Å². The van der Waals surface area contributed by atoms with E-state index in [1.54, 1.807) is 0 Å². The van der Waals surface area contributed by atoms with Crippen molar-refractivity contribution in [3.05, 3.63) is 29.3 Å². The fourth-order valence-electron chi connectivity index (χ4n) is 1.92. The molecule has 1 aliphatic heterocycles. The van der Waals surface area contributed by atoms with Crippen molar-refractivity contribution >= 4 is 11.8 Å². The molecule has 1 aromatic carbocycles. The number of aliphatic hydroxyl groups excluding tert-OH is 1. The predicted molar refractivity (Wildman–Crippen MR) is 73.5 cm³/mol. The minimum absolute atomic E-state index is 0.161. The van der Waals surface area contributed by atoms with Crippen molar-refractivity contribution in [3.8, 4) is 0 Å². The Hall–Kier alpha value is -0.510. The Kier molecular flexibility index (Phi) is 4.13. The molecule has 0 amide bonds. The van der Waals surface area contributed by atoms with Crippen molar-refractivity contribution in [2.24, 2.45) is 0 Å². The van der Waals surface area contributed by atoms with Crippen LogP contribution in [0.3, 0.4) is 0 Å². The van der Waals surface area contributed by atoms with Gasteiger partial charge in [0.2, 0.25) is 0 Å². The maximum absolute atomic E-state index is 9.20. The quantitative estimate of drug-likeness (QED) is 0.862. The smallest absolute Gasteiger partial charge is 0.0607 e. The van der Waals surface area contributed by atoms with Gasteiger partial charge >= 0.3 is 0 Å². The van der Waals surface area contributed by atoms with E-state index in [4.69, 9.17) is 0 Å². The van der Waals surface area contributed by atoms with Crippen molar-refractivity contribution < 1.29 is 5.11 Å². The molecule has 1 heterocycles. The van der Waals surface area contributed by atoms with E-state index in [9.17, 15) is 5.11 Å². The molecule has 17 heavy (non-hydrogen) atoms. The van der Waals surface area contributed by atoms with Gasteiger partial charge in [0.1, 0.15) is 0 Å². The molecule has 94 valence electrons. The summed E-state index contributed by atoms with van der Waals surface area (Å²) in [7, 11) is 0. The average molecular weight is 251 g/mol. The van der Waals surface area contributed by atoms with Crippen LogP contribution in [0.4, 0.5) is 0 Å². The number of aliphatic hydroxyl groups is 1. The third kappa shape index (κ3) is 3.47. The van der Waals surface area contributed by atoms with Crippen LogP contribution in [-0.4, -0.2) is 23.0 Å². The molecule has 0 aliphatic carbocycles. The van der Waals surface area contributed by atoms with Gasteiger partial charge in [-0.25, -0.2) is 0 Å². The summed E-state index contributed by atoms with van der Waals surface area (Å²) in [4.78, 5) is 1.45. The molecular formula is C14H21NOS. The molecule has 1 aliphatic rings. The summed E-state index contributed by atoms with van der Waals surface area (Å²) in [5, 5.41) is 12.6. The molecule has 0 spiro atoms. The molecular weight excluding hydrogens is 230 g/mol. The highest BCUT2D eigenvalue weighted by Gasteiger charge is 2.15. The van der Waals surface area contributed by atoms with Crippen LogP contribution in [0.5, 0.6) is 0 Å². The number of fused-ring (bicyclic) bond motifs is 1. The molecule has 0 saturated carbocycles.